The van der Waals surface area contributed by atoms with Crippen molar-refractivity contribution in [1.82, 2.24) is 14.5 Å². The van der Waals surface area contributed by atoms with Crippen molar-refractivity contribution < 1.29 is 9.53 Å². The number of esters is 1. The summed E-state index contributed by atoms with van der Waals surface area (Å²) >= 11 is 6.41. The fraction of sp³-hybridized carbons (Fsp3) is 0.227. The molecule has 0 radical (unpaired) electrons. The fourth-order valence-electron chi connectivity index (χ4n) is 3.33. The molecule has 2 aromatic heterocycles. The predicted molar refractivity (Wildman–Crippen MR) is 111 cm³/mol. The van der Waals surface area contributed by atoms with Gasteiger partial charge in [-0.25, -0.2) is 9.78 Å². The van der Waals surface area contributed by atoms with Crippen molar-refractivity contribution in [3.8, 4) is 6.01 Å². The average molecular weight is 394 g/mol. The number of halogens is 1. The van der Waals surface area contributed by atoms with E-state index in [9.17, 15) is 4.79 Å². The van der Waals surface area contributed by atoms with E-state index in [1.54, 1.807) is 6.07 Å². The van der Waals surface area contributed by atoms with Gasteiger partial charge in [-0.05, 0) is 30.5 Å². The Morgan fingerprint density at radius 3 is 2.57 bits per heavy atom. The van der Waals surface area contributed by atoms with E-state index in [0.29, 0.717) is 28.7 Å². The SMILES string of the molecule is Cc1ccccc1C(=O)Oc1nc2c(Cl)nc3ccccc3c2n1CC(C)C. The van der Waals surface area contributed by atoms with Crippen molar-refractivity contribution in [3.63, 3.8) is 0 Å². The second kappa shape index (κ2) is 7.24. The molecule has 5 nitrogen and oxygen atoms in total. The van der Waals surface area contributed by atoms with Crippen molar-refractivity contribution in [3.05, 3.63) is 64.8 Å². The highest BCUT2D eigenvalue weighted by Crippen LogP contribution is 2.33. The van der Waals surface area contributed by atoms with Crippen LogP contribution in [-0.2, 0) is 6.54 Å². The van der Waals surface area contributed by atoms with Crippen LogP contribution in [0.5, 0.6) is 6.01 Å². The van der Waals surface area contributed by atoms with E-state index in [1.165, 1.54) is 0 Å². The molecule has 0 saturated heterocycles. The molecule has 0 spiro atoms. The van der Waals surface area contributed by atoms with Crippen LogP contribution in [0.15, 0.2) is 48.5 Å². The third kappa shape index (κ3) is 3.22. The first-order chi connectivity index (χ1) is 13.5. The number of aryl methyl sites for hydroxylation is 1. The molecule has 6 heteroatoms. The summed E-state index contributed by atoms with van der Waals surface area (Å²) in [5.41, 5.74) is 3.51. The molecule has 0 saturated carbocycles. The van der Waals surface area contributed by atoms with Crippen molar-refractivity contribution in [1.29, 1.82) is 0 Å². The van der Waals surface area contributed by atoms with Crippen LogP contribution in [0.25, 0.3) is 21.9 Å². The molecule has 0 unspecified atom stereocenters. The lowest BCUT2D eigenvalue weighted by atomic mass is 10.1. The number of benzene rings is 2. The van der Waals surface area contributed by atoms with Gasteiger partial charge >= 0.3 is 12.0 Å². The second-order valence-electron chi connectivity index (χ2n) is 7.22. The third-order valence-corrected chi connectivity index (χ3v) is 4.87. The number of para-hydroxylation sites is 1. The summed E-state index contributed by atoms with van der Waals surface area (Å²) in [7, 11) is 0. The number of carbonyl (C=O) groups is 1. The topological polar surface area (TPSA) is 57.0 Å². The van der Waals surface area contributed by atoms with Crippen LogP contribution in [-0.4, -0.2) is 20.5 Å². The lowest BCUT2D eigenvalue weighted by Gasteiger charge is -2.13. The van der Waals surface area contributed by atoms with Crippen LogP contribution in [0.1, 0.15) is 29.8 Å². The zero-order chi connectivity index (χ0) is 19.8. The first-order valence-corrected chi connectivity index (χ1v) is 9.55. The van der Waals surface area contributed by atoms with E-state index in [4.69, 9.17) is 16.3 Å². The van der Waals surface area contributed by atoms with Gasteiger partial charge in [0.2, 0.25) is 0 Å². The number of aromatic nitrogens is 3. The molecule has 0 aliphatic rings. The number of hydrogen-bond donors (Lipinski definition) is 0. The molecule has 4 rings (SSSR count). The van der Waals surface area contributed by atoms with Crippen LogP contribution < -0.4 is 4.74 Å². The number of carbonyl (C=O) groups excluding carboxylic acids is 1. The summed E-state index contributed by atoms with van der Waals surface area (Å²) in [5, 5.41) is 1.22. The largest absolute Gasteiger partial charge is 0.388 e. The summed E-state index contributed by atoms with van der Waals surface area (Å²) in [6.07, 6.45) is 0. The van der Waals surface area contributed by atoms with E-state index in [0.717, 1.165) is 22.0 Å². The van der Waals surface area contributed by atoms with E-state index >= 15 is 0 Å². The maximum absolute atomic E-state index is 12.8. The summed E-state index contributed by atoms with van der Waals surface area (Å²) in [4.78, 5) is 21.7. The Labute approximate surface area is 167 Å². The maximum atomic E-state index is 12.8. The molecule has 142 valence electrons. The summed E-state index contributed by atoms with van der Waals surface area (Å²) in [6, 6.07) is 15.3. The molecule has 2 heterocycles. The highest BCUT2D eigenvalue weighted by atomic mass is 35.5. The van der Waals surface area contributed by atoms with Crippen molar-refractivity contribution >= 4 is 39.5 Å². The van der Waals surface area contributed by atoms with Gasteiger partial charge in [-0.15, -0.1) is 0 Å². The summed E-state index contributed by atoms with van der Waals surface area (Å²) in [5.74, 6) is -0.120. The summed E-state index contributed by atoms with van der Waals surface area (Å²) < 4.78 is 7.65. The van der Waals surface area contributed by atoms with Gasteiger partial charge in [0.15, 0.2) is 5.15 Å². The molecule has 4 aromatic rings. The standard InChI is InChI=1S/C22H20ClN3O2/c1-13(2)12-26-19-16-10-6-7-11-17(16)24-20(23)18(19)25-22(26)28-21(27)15-9-5-4-8-14(15)3/h4-11,13H,12H2,1-3H3. The predicted octanol–water partition coefficient (Wildman–Crippen LogP) is 5.42. The molecular weight excluding hydrogens is 374 g/mol. The normalized spacial score (nSPS) is 11.5. The average Bonchev–Trinajstić information content (AvgIpc) is 3.00. The van der Waals surface area contributed by atoms with Crippen molar-refractivity contribution in [2.24, 2.45) is 5.92 Å². The molecule has 2 aromatic carbocycles. The van der Waals surface area contributed by atoms with Crippen molar-refractivity contribution in [2.45, 2.75) is 27.3 Å². The highest BCUT2D eigenvalue weighted by Gasteiger charge is 2.22. The summed E-state index contributed by atoms with van der Waals surface area (Å²) in [6.45, 7) is 6.72. The lowest BCUT2D eigenvalue weighted by Crippen LogP contribution is -2.15. The lowest BCUT2D eigenvalue weighted by molar-refractivity contribution is 0.0711. The van der Waals surface area contributed by atoms with Crippen molar-refractivity contribution in [2.75, 3.05) is 0 Å². The number of imidazole rings is 1. The van der Waals surface area contributed by atoms with Gasteiger partial charge in [0.25, 0.3) is 0 Å². The molecule has 0 N–H and O–H groups in total. The molecule has 0 aliphatic carbocycles. The van der Waals surface area contributed by atoms with E-state index < -0.39 is 5.97 Å². The van der Waals surface area contributed by atoms with Gasteiger partial charge in [0, 0.05) is 11.9 Å². The zero-order valence-corrected chi connectivity index (χ0v) is 16.7. The van der Waals surface area contributed by atoms with E-state index in [-0.39, 0.29) is 6.01 Å². The number of rotatable bonds is 4. The van der Waals surface area contributed by atoms with Gasteiger partial charge in [-0.1, -0.05) is 61.8 Å². The fourth-order valence-corrected chi connectivity index (χ4v) is 3.55. The Morgan fingerprint density at radius 2 is 1.82 bits per heavy atom. The molecule has 0 fully saturated rings. The Kier molecular flexibility index (Phi) is 4.77. The molecular formula is C22H20ClN3O2. The minimum atomic E-state index is -0.438. The molecule has 28 heavy (non-hydrogen) atoms. The molecule has 0 atom stereocenters. The number of fused-ring (bicyclic) bond motifs is 3. The minimum absolute atomic E-state index is 0.233. The Hall–Kier alpha value is -2.92. The smallest absolute Gasteiger partial charge is 0.346 e. The number of ether oxygens (including phenoxy) is 1. The Balaban J connectivity index is 1.90. The second-order valence-corrected chi connectivity index (χ2v) is 7.58. The van der Waals surface area contributed by atoms with Gasteiger partial charge in [-0.3, -0.25) is 4.57 Å². The number of hydrogen-bond acceptors (Lipinski definition) is 4. The van der Waals surface area contributed by atoms with Crippen LogP contribution in [0.3, 0.4) is 0 Å². The Morgan fingerprint density at radius 1 is 1.11 bits per heavy atom. The Bertz CT molecular complexity index is 1200. The van der Waals surface area contributed by atoms with Crippen LogP contribution in [0.2, 0.25) is 5.15 Å². The number of nitrogens with zero attached hydrogens (tertiary/aromatic N) is 3. The molecule has 0 bridgehead atoms. The van der Waals surface area contributed by atoms with Gasteiger partial charge < -0.3 is 4.74 Å². The van der Waals surface area contributed by atoms with Crippen LogP contribution >= 0.6 is 11.6 Å². The monoisotopic (exact) mass is 393 g/mol. The minimum Gasteiger partial charge on any atom is -0.388 e. The van der Waals surface area contributed by atoms with Crippen LogP contribution in [0, 0.1) is 12.8 Å². The van der Waals surface area contributed by atoms with E-state index in [1.807, 2.05) is 54.0 Å². The van der Waals surface area contributed by atoms with E-state index in [2.05, 4.69) is 23.8 Å². The molecule has 0 amide bonds. The van der Waals surface area contributed by atoms with Gasteiger partial charge in [0.05, 0.1) is 16.6 Å². The first-order valence-electron chi connectivity index (χ1n) is 9.18. The highest BCUT2D eigenvalue weighted by molar-refractivity contribution is 6.35. The van der Waals surface area contributed by atoms with Gasteiger partial charge in [-0.2, -0.15) is 4.98 Å². The first kappa shape index (κ1) is 18.4. The number of pyridine rings is 1. The zero-order valence-electron chi connectivity index (χ0n) is 15.9. The maximum Gasteiger partial charge on any atom is 0.346 e. The van der Waals surface area contributed by atoms with Crippen LogP contribution in [0.4, 0.5) is 0 Å². The quantitative estimate of drug-likeness (QED) is 0.343. The molecule has 0 aliphatic heterocycles. The third-order valence-electron chi connectivity index (χ3n) is 4.60. The van der Waals surface area contributed by atoms with Gasteiger partial charge in [0.1, 0.15) is 5.52 Å².